The van der Waals surface area contributed by atoms with Gasteiger partial charge in [-0.25, -0.2) is 4.57 Å². The zero-order valence-corrected chi connectivity index (χ0v) is 14.1. The summed E-state index contributed by atoms with van der Waals surface area (Å²) >= 11 is 2.40. The number of aromatic nitrogens is 3. The highest BCUT2D eigenvalue weighted by atomic mass is 127. The third kappa shape index (κ3) is 1.75. The van der Waals surface area contributed by atoms with Crippen molar-refractivity contribution < 1.29 is 4.57 Å². The van der Waals surface area contributed by atoms with Gasteiger partial charge in [-0.3, -0.25) is 0 Å². The Morgan fingerprint density at radius 2 is 1.76 bits per heavy atom. The second kappa shape index (κ2) is 4.59. The van der Waals surface area contributed by atoms with Gasteiger partial charge in [0.25, 0.3) is 0 Å². The normalized spacial score (nSPS) is 11.6. The van der Waals surface area contributed by atoms with Gasteiger partial charge in [-0.2, -0.15) is 8.97 Å². The van der Waals surface area contributed by atoms with Gasteiger partial charge in [-0.1, -0.05) is 18.2 Å². The number of imidazole rings is 2. The predicted molar refractivity (Wildman–Crippen MR) is 92.9 cm³/mol. The summed E-state index contributed by atoms with van der Waals surface area (Å²) in [6.45, 7) is 2.19. The minimum Gasteiger partial charge on any atom is -0.237 e. The van der Waals surface area contributed by atoms with Crippen molar-refractivity contribution in [3.63, 3.8) is 0 Å². The second-order valence-corrected chi connectivity index (χ2v) is 6.45. The van der Waals surface area contributed by atoms with Crippen LogP contribution in [-0.2, 0) is 7.05 Å². The first-order chi connectivity index (χ1) is 10.2. The van der Waals surface area contributed by atoms with Gasteiger partial charge in [0, 0.05) is 9.13 Å². The number of benzene rings is 2. The summed E-state index contributed by atoms with van der Waals surface area (Å²) < 4.78 is 8.04. The van der Waals surface area contributed by atoms with E-state index in [-0.39, 0.29) is 0 Å². The van der Waals surface area contributed by atoms with Gasteiger partial charge in [0.15, 0.2) is 0 Å². The summed E-state index contributed by atoms with van der Waals surface area (Å²) in [5.74, 6) is 1.17. The summed E-state index contributed by atoms with van der Waals surface area (Å²) in [6.07, 6.45) is 4.22. The van der Waals surface area contributed by atoms with Crippen molar-refractivity contribution in [2.75, 3.05) is 0 Å². The molecule has 0 fully saturated rings. The molecule has 3 nitrogen and oxygen atoms in total. The number of nitrogens with zero attached hydrogens (tertiary/aromatic N) is 3. The van der Waals surface area contributed by atoms with Crippen LogP contribution in [0.4, 0.5) is 0 Å². The molecule has 0 saturated carbocycles. The second-order valence-electron chi connectivity index (χ2n) is 5.29. The Morgan fingerprint density at radius 1 is 1.00 bits per heavy atom. The minimum absolute atomic E-state index is 1.17. The fourth-order valence-corrected chi connectivity index (χ4v) is 3.45. The molecule has 4 heteroatoms. The number of halogens is 1. The van der Waals surface area contributed by atoms with E-state index in [1.807, 2.05) is 0 Å². The molecule has 2 aromatic carbocycles. The Bertz CT molecular complexity index is 978. The van der Waals surface area contributed by atoms with Crippen LogP contribution in [0.1, 0.15) is 5.56 Å². The summed E-state index contributed by atoms with van der Waals surface area (Å²) in [5, 5.41) is 0. The van der Waals surface area contributed by atoms with Gasteiger partial charge >= 0.3 is 5.78 Å². The Morgan fingerprint density at radius 3 is 2.57 bits per heavy atom. The van der Waals surface area contributed by atoms with E-state index in [4.69, 9.17) is 0 Å². The topological polar surface area (TPSA) is 13.2 Å². The molecule has 0 bridgehead atoms. The van der Waals surface area contributed by atoms with Crippen LogP contribution in [0, 0.1) is 10.5 Å². The third-order valence-electron chi connectivity index (χ3n) is 4.03. The van der Waals surface area contributed by atoms with Crippen molar-refractivity contribution in [3.05, 3.63) is 64.0 Å². The number of para-hydroxylation sites is 2. The molecule has 2 aromatic heterocycles. The fourth-order valence-electron chi connectivity index (χ4n) is 2.96. The average Bonchev–Trinajstić information content (AvgIpc) is 3.01. The first-order valence-corrected chi connectivity index (χ1v) is 7.98. The van der Waals surface area contributed by atoms with E-state index < -0.39 is 0 Å². The largest absolute Gasteiger partial charge is 0.374 e. The minimum atomic E-state index is 1.17. The Hall–Kier alpha value is -1.82. The number of rotatable bonds is 1. The predicted octanol–water partition coefficient (Wildman–Crippen LogP) is 3.62. The average molecular weight is 388 g/mol. The van der Waals surface area contributed by atoms with Crippen LogP contribution in [0.5, 0.6) is 0 Å². The van der Waals surface area contributed by atoms with E-state index in [1.54, 1.807) is 0 Å². The van der Waals surface area contributed by atoms with Crippen molar-refractivity contribution in [2.45, 2.75) is 6.92 Å². The van der Waals surface area contributed by atoms with Crippen LogP contribution in [0.15, 0.2) is 54.9 Å². The van der Waals surface area contributed by atoms with Crippen molar-refractivity contribution >= 4 is 39.4 Å². The van der Waals surface area contributed by atoms with Crippen molar-refractivity contribution in [2.24, 2.45) is 7.05 Å². The van der Waals surface area contributed by atoms with Crippen molar-refractivity contribution in [1.29, 1.82) is 0 Å². The van der Waals surface area contributed by atoms with Gasteiger partial charge in [0.2, 0.25) is 0 Å². The maximum absolute atomic E-state index is 2.40. The zero-order chi connectivity index (χ0) is 14.6. The Balaban J connectivity index is 2.24. The fraction of sp³-hybridized carbons (Fsp3) is 0.118. The molecule has 0 N–H and O–H groups in total. The Labute approximate surface area is 136 Å². The maximum atomic E-state index is 2.40. The lowest BCUT2D eigenvalue weighted by Gasteiger charge is -2.06. The molecule has 0 amide bonds. The van der Waals surface area contributed by atoms with Crippen LogP contribution < -0.4 is 4.57 Å². The highest BCUT2D eigenvalue weighted by Gasteiger charge is 2.23. The summed E-state index contributed by atoms with van der Waals surface area (Å²) in [7, 11) is 2.09. The van der Waals surface area contributed by atoms with Crippen LogP contribution in [0.25, 0.3) is 22.5 Å². The lowest BCUT2D eigenvalue weighted by Crippen LogP contribution is -2.28. The van der Waals surface area contributed by atoms with Crippen molar-refractivity contribution in [1.82, 2.24) is 8.97 Å². The molecule has 0 spiro atoms. The molecule has 0 radical (unpaired) electrons. The van der Waals surface area contributed by atoms with E-state index in [0.717, 1.165) is 0 Å². The maximum Gasteiger partial charge on any atom is 0.374 e. The molecule has 0 saturated heterocycles. The molecule has 21 heavy (non-hydrogen) atoms. The van der Waals surface area contributed by atoms with Crippen LogP contribution in [-0.4, -0.2) is 8.97 Å². The van der Waals surface area contributed by atoms with Gasteiger partial charge in [-0.15, -0.1) is 0 Å². The summed E-state index contributed by atoms with van der Waals surface area (Å²) in [4.78, 5) is 0. The third-order valence-corrected chi connectivity index (χ3v) is 5.20. The molecule has 104 valence electrons. The summed E-state index contributed by atoms with van der Waals surface area (Å²) in [5.41, 5.74) is 5.00. The molecule has 4 aromatic rings. The van der Waals surface area contributed by atoms with E-state index in [2.05, 4.69) is 105 Å². The highest BCUT2D eigenvalue weighted by Crippen LogP contribution is 2.27. The molecular weight excluding hydrogens is 373 g/mol. The van der Waals surface area contributed by atoms with Crippen LogP contribution in [0.3, 0.4) is 0 Å². The monoisotopic (exact) mass is 388 g/mol. The lowest BCUT2D eigenvalue weighted by molar-refractivity contribution is -0.646. The number of aryl methyl sites for hydroxylation is 1. The molecule has 4 rings (SSSR count). The van der Waals surface area contributed by atoms with Gasteiger partial charge < -0.3 is 0 Å². The van der Waals surface area contributed by atoms with E-state index in [9.17, 15) is 0 Å². The number of hydrogen-bond donors (Lipinski definition) is 0. The van der Waals surface area contributed by atoms with E-state index in [1.165, 1.54) is 31.6 Å². The standard InChI is InChI=1S/C17H15IN3/c1-12-13(18)6-5-9-14(12)21-16-8-4-3-7-15(16)20-11-10-19(2)17(20)21/h3-11H,1-2H3/q+1. The highest BCUT2D eigenvalue weighted by molar-refractivity contribution is 14.1. The van der Waals surface area contributed by atoms with Gasteiger partial charge in [0.1, 0.15) is 22.9 Å². The SMILES string of the molecule is Cc1c(I)cccc1-n1c2ccccc2n2cc[n+](C)c12. The zero-order valence-electron chi connectivity index (χ0n) is 11.9. The first kappa shape index (κ1) is 12.9. The lowest BCUT2D eigenvalue weighted by atomic mass is 10.2. The van der Waals surface area contributed by atoms with Crippen molar-refractivity contribution in [3.8, 4) is 5.69 Å². The first-order valence-electron chi connectivity index (χ1n) is 6.90. The molecule has 2 heterocycles. The summed E-state index contributed by atoms with van der Waals surface area (Å²) in [6, 6.07) is 15.0. The molecule has 0 aliphatic rings. The molecule has 0 aliphatic heterocycles. The van der Waals surface area contributed by atoms with Gasteiger partial charge in [-0.05, 0) is 53.8 Å². The van der Waals surface area contributed by atoms with Crippen LogP contribution >= 0.6 is 22.6 Å². The molecule has 0 atom stereocenters. The molecule has 0 aliphatic carbocycles. The van der Waals surface area contributed by atoms with E-state index >= 15 is 0 Å². The Kier molecular flexibility index (Phi) is 2.82. The number of hydrogen-bond acceptors (Lipinski definition) is 0. The number of fused-ring (bicyclic) bond motifs is 3. The molecule has 0 unspecified atom stereocenters. The smallest absolute Gasteiger partial charge is 0.237 e. The van der Waals surface area contributed by atoms with Gasteiger partial charge in [0.05, 0.1) is 13.2 Å². The molecular formula is C17H15IN3+. The van der Waals surface area contributed by atoms with Crippen LogP contribution in [0.2, 0.25) is 0 Å². The van der Waals surface area contributed by atoms with E-state index in [0.29, 0.717) is 0 Å². The quantitative estimate of drug-likeness (QED) is 0.349.